The van der Waals surface area contributed by atoms with Crippen molar-refractivity contribution >= 4 is 34.5 Å². The Hall–Kier alpha value is -1.88. The highest BCUT2D eigenvalue weighted by Gasteiger charge is 2.10. The first kappa shape index (κ1) is 17.9. The molecule has 0 saturated heterocycles. The topological polar surface area (TPSA) is 17.3 Å². The van der Waals surface area contributed by atoms with Gasteiger partial charge in [-0.15, -0.1) is 0 Å². The van der Waals surface area contributed by atoms with Crippen molar-refractivity contribution in [2.75, 3.05) is 0 Å². The molecule has 0 unspecified atom stereocenters. The van der Waals surface area contributed by atoms with Crippen LogP contribution in [0.3, 0.4) is 0 Å². The summed E-state index contributed by atoms with van der Waals surface area (Å²) in [6, 6.07) is 15.2. The standard InChI is InChI=1S/C22H23IN2/c1-14-6-7-15(2)22(10-14)24-13-19-12-17(4)25(18(19)5)20-8-9-21(23)16(3)11-20/h6-13H,1-5H3. The number of aromatic nitrogens is 1. The molecular formula is C22H23IN2. The molecule has 0 radical (unpaired) electrons. The van der Waals surface area contributed by atoms with Gasteiger partial charge in [-0.1, -0.05) is 12.1 Å². The summed E-state index contributed by atoms with van der Waals surface area (Å²) in [6.45, 7) is 10.7. The Balaban J connectivity index is 2.01. The summed E-state index contributed by atoms with van der Waals surface area (Å²) in [5.74, 6) is 0. The molecule has 0 N–H and O–H groups in total. The van der Waals surface area contributed by atoms with Crippen molar-refractivity contribution in [1.82, 2.24) is 4.57 Å². The molecule has 0 atom stereocenters. The number of aliphatic imine (C=N–C) groups is 1. The Bertz CT molecular complexity index is 964. The highest BCUT2D eigenvalue weighted by Crippen LogP contribution is 2.24. The maximum Gasteiger partial charge on any atom is 0.0661 e. The van der Waals surface area contributed by atoms with E-state index in [1.807, 2.05) is 6.21 Å². The molecule has 25 heavy (non-hydrogen) atoms. The molecule has 2 nitrogen and oxygen atoms in total. The summed E-state index contributed by atoms with van der Waals surface area (Å²) in [4.78, 5) is 4.74. The first-order chi connectivity index (χ1) is 11.9. The second-order valence-electron chi connectivity index (χ2n) is 6.64. The Morgan fingerprint density at radius 3 is 2.36 bits per heavy atom. The third-order valence-electron chi connectivity index (χ3n) is 4.58. The fourth-order valence-corrected chi connectivity index (χ4v) is 3.42. The Labute approximate surface area is 163 Å². The van der Waals surface area contributed by atoms with Crippen LogP contribution in [0.4, 0.5) is 5.69 Å². The minimum atomic E-state index is 1.04. The molecule has 3 heteroatoms. The average Bonchev–Trinajstić information content (AvgIpc) is 2.85. The van der Waals surface area contributed by atoms with Crippen LogP contribution < -0.4 is 0 Å². The molecule has 0 amide bonds. The monoisotopic (exact) mass is 442 g/mol. The van der Waals surface area contributed by atoms with Crippen molar-refractivity contribution in [2.24, 2.45) is 4.99 Å². The van der Waals surface area contributed by atoms with Crippen molar-refractivity contribution in [1.29, 1.82) is 0 Å². The lowest BCUT2D eigenvalue weighted by Crippen LogP contribution is -2.00. The number of hydrogen-bond acceptors (Lipinski definition) is 1. The molecular weight excluding hydrogens is 419 g/mol. The number of aryl methyl sites for hydroxylation is 4. The molecule has 0 spiro atoms. The number of nitrogens with zero attached hydrogens (tertiary/aromatic N) is 2. The second kappa shape index (κ2) is 7.16. The predicted molar refractivity (Wildman–Crippen MR) is 116 cm³/mol. The smallest absolute Gasteiger partial charge is 0.0661 e. The molecule has 0 aliphatic carbocycles. The van der Waals surface area contributed by atoms with Crippen LogP contribution in [-0.2, 0) is 0 Å². The highest BCUT2D eigenvalue weighted by molar-refractivity contribution is 14.1. The van der Waals surface area contributed by atoms with Gasteiger partial charge in [0, 0.05) is 32.4 Å². The molecule has 0 aliphatic heterocycles. The van der Waals surface area contributed by atoms with Crippen LogP contribution in [0.5, 0.6) is 0 Å². The van der Waals surface area contributed by atoms with Gasteiger partial charge in [0.1, 0.15) is 0 Å². The lowest BCUT2D eigenvalue weighted by molar-refractivity contribution is 0.962. The van der Waals surface area contributed by atoms with Gasteiger partial charge < -0.3 is 4.57 Å². The number of halogens is 1. The van der Waals surface area contributed by atoms with Gasteiger partial charge in [0.25, 0.3) is 0 Å². The number of rotatable bonds is 3. The maximum absolute atomic E-state index is 4.74. The average molecular weight is 442 g/mol. The van der Waals surface area contributed by atoms with E-state index in [0.717, 1.165) is 11.3 Å². The first-order valence-corrected chi connectivity index (χ1v) is 9.51. The Morgan fingerprint density at radius 2 is 1.64 bits per heavy atom. The molecule has 1 heterocycles. The van der Waals surface area contributed by atoms with E-state index in [4.69, 9.17) is 4.99 Å². The van der Waals surface area contributed by atoms with Crippen molar-refractivity contribution in [3.63, 3.8) is 0 Å². The molecule has 1 aromatic heterocycles. The molecule has 2 aromatic carbocycles. The molecule has 128 valence electrons. The SMILES string of the molecule is Cc1ccc(C)c(N=Cc2cc(C)n(-c3ccc(I)c(C)c3)c2C)c1. The fourth-order valence-electron chi connectivity index (χ4n) is 3.08. The quantitative estimate of drug-likeness (QED) is 0.331. The molecule has 0 aliphatic rings. The lowest BCUT2D eigenvalue weighted by atomic mass is 10.1. The van der Waals surface area contributed by atoms with Crippen molar-refractivity contribution < 1.29 is 0 Å². The molecule has 3 rings (SSSR count). The zero-order valence-electron chi connectivity index (χ0n) is 15.4. The largest absolute Gasteiger partial charge is 0.318 e. The Kier molecular flexibility index (Phi) is 5.13. The maximum atomic E-state index is 4.74. The van der Waals surface area contributed by atoms with Gasteiger partial charge in [0.2, 0.25) is 0 Å². The Morgan fingerprint density at radius 1 is 0.880 bits per heavy atom. The fraction of sp³-hybridized carbons (Fsp3) is 0.227. The van der Waals surface area contributed by atoms with Crippen LogP contribution in [0, 0.1) is 38.2 Å². The third kappa shape index (κ3) is 3.71. The van der Waals surface area contributed by atoms with Crippen LogP contribution in [0.15, 0.2) is 47.5 Å². The molecule has 0 saturated carbocycles. The molecule has 0 fully saturated rings. The van der Waals surface area contributed by atoms with Crippen LogP contribution in [0.1, 0.15) is 33.6 Å². The van der Waals surface area contributed by atoms with Crippen LogP contribution >= 0.6 is 22.6 Å². The summed E-state index contributed by atoms with van der Waals surface area (Å²) in [5, 5.41) is 0. The van der Waals surface area contributed by atoms with E-state index >= 15 is 0 Å². The summed E-state index contributed by atoms with van der Waals surface area (Å²) >= 11 is 2.38. The van der Waals surface area contributed by atoms with Gasteiger partial charge in [-0.3, -0.25) is 4.99 Å². The van der Waals surface area contributed by atoms with Gasteiger partial charge >= 0.3 is 0 Å². The van der Waals surface area contributed by atoms with Crippen molar-refractivity contribution in [2.45, 2.75) is 34.6 Å². The van der Waals surface area contributed by atoms with E-state index in [1.165, 1.54) is 37.3 Å². The zero-order chi connectivity index (χ0) is 18.1. The minimum Gasteiger partial charge on any atom is -0.318 e. The van der Waals surface area contributed by atoms with E-state index in [0.29, 0.717) is 0 Å². The van der Waals surface area contributed by atoms with Gasteiger partial charge in [0.05, 0.1) is 5.69 Å². The normalized spacial score (nSPS) is 11.4. The summed E-state index contributed by atoms with van der Waals surface area (Å²) in [6.07, 6.45) is 1.99. The highest BCUT2D eigenvalue weighted by atomic mass is 127. The van der Waals surface area contributed by atoms with Gasteiger partial charge in [-0.25, -0.2) is 0 Å². The summed E-state index contributed by atoms with van der Waals surface area (Å²) in [7, 11) is 0. The van der Waals surface area contributed by atoms with Gasteiger partial charge in [-0.2, -0.15) is 0 Å². The number of hydrogen-bond donors (Lipinski definition) is 0. The van der Waals surface area contributed by atoms with E-state index in [9.17, 15) is 0 Å². The molecule has 3 aromatic rings. The third-order valence-corrected chi connectivity index (χ3v) is 5.79. The van der Waals surface area contributed by atoms with Crippen molar-refractivity contribution in [3.8, 4) is 5.69 Å². The first-order valence-electron chi connectivity index (χ1n) is 8.43. The molecule has 0 bridgehead atoms. The lowest BCUT2D eigenvalue weighted by Gasteiger charge is -2.11. The summed E-state index contributed by atoms with van der Waals surface area (Å²) < 4.78 is 3.59. The van der Waals surface area contributed by atoms with E-state index in [1.54, 1.807) is 0 Å². The van der Waals surface area contributed by atoms with E-state index < -0.39 is 0 Å². The van der Waals surface area contributed by atoms with E-state index in [2.05, 4.69) is 104 Å². The summed E-state index contributed by atoms with van der Waals surface area (Å²) in [5.41, 5.74) is 9.58. The van der Waals surface area contributed by atoms with Crippen molar-refractivity contribution in [3.05, 3.63) is 79.7 Å². The van der Waals surface area contributed by atoms with Crippen LogP contribution in [0.25, 0.3) is 5.69 Å². The predicted octanol–water partition coefficient (Wildman–Crippen LogP) is 6.37. The van der Waals surface area contributed by atoms with Crippen LogP contribution in [0.2, 0.25) is 0 Å². The van der Waals surface area contributed by atoms with Gasteiger partial charge in [0.15, 0.2) is 0 Å². The zero-order valence-corrected chi connectivity index (χ0v) is 17.5. The minimum absolute atomic E-state index is 1.04. The van der Waals surface area contributed by atoms with Gasteiger partial charge in [-0.05, 0) is 104 Å². The second-order valence-corrected chi connectivity index (χ2v) is 7.81. The van der Waals surface area contributed by atoms with E-state index in [-0.39, 0.29) is 0 Å². The number of benzene rings is 2. The van der Waals surface area contributed by atoms with Crippen LogP contribution in [-0.4, -0.2) is 10.8 Å².